The molecular weight excluding hydrogens is 246 g/mol. The van der Waals surface area contributed by atoms with Crippen LogP contribution in [-0.4, -0.2) is 35.2 Å². The van der Waals surface area contributed by atoms with E-state index in [-0.39, 0.29) is 17.9 Å². The number of thiocarbonyl (C=S) groups is 1. The van der Waals surface area contributed by atoms with Crippen LogP contribution >= 0.6 is 12.2 Å². The van der Waals surface area contributed by atoms with Crippen LogP contribution in [0.5, 0.6) is 0 Å². The Morgan fingerprint density at radius 2 is 2.22 bits per heavy atom. The lowest BCUT2D eigenvalue weighted by Gasteiger charge is -2.13. The Morgan fingerprint density at radius 1 is 1.44 bits per heavy atom. The Balaban J connectivity index is 1.78. The maximum absolute atomic E-state index is 11.9. The first-order valence-electron chi connectivity index (χ1n) is 5.88. The van der Waals surface area contributed by atoms with Crippen LogP contribution in [0.2, 0.25) is 0 Å². The van der Waals surface area contributed by atoms with E-state index in [1.165, 1.54) is 10.5 Å². The number of rotatable bonds is 2. The van der Waals surface area contributed by atoms with Crippen LogP contribution in [0.1, 0.15) is 17.9 Å². The van der Waals surface area contributed by atoms with Crippen molar-refractivity contribution < 1.29 is 4.79 Å². The number of para-hydroxylation sites is 1. The molecule has 1 amide bonds. The van der Waals surface area contributed by atoms with E-state index in [2.05, 4.69) is 16.4 Å². The van der Waals surface area contributed by atoms with Gasteiger partial charge >= 0.3 is 0 Å². The predicted octanol–water partition coefficient (Wildman–Crippen LogP) is 1.59. The van der Waals surface area contributed by atoms with Crippen LogP contribution in [0.3, 0.4) is 0 Å². The summed E-state index contributed by atoms with van der Waals surface area (Å²) in [5.41, 5.74) is 2.19. The first-order chi connectivity index (χ1) is 8.66. The van der Waals surface area contributed by atoms with Gasteiger partial charge in [-0.05, 0) is 30.3 Å². The Bertz CT molecular complexity index is 555. The fourth-order valence-electron chi connectivity index (χ4n) is 2.41. The standard InChI is InChI=1S/C13H13N3OS/c1-16-12(17)11(15-13(16)18)6-8-7-14-10-5-3-2-4-9(8)10/h2-5,7-8,11H,6H2,1H3,(H,15,18). The molecule has 3 rings (SSSR count). The van der Waals surface area contributed by atoms with Crippen molar-refractivity contribution >= 4 is 35.1 Å². The highest BCUT2D eigenvalue weighted by atomic mass is 32.1. The van der Waals surface area contributed by atoms with Gasteiger partial charge in [0.15, 0.2) is 5.11 Å². The molecule has 1 fully saturated rings. The smallest absolute Gasteiger partial charge is 0.251 e. The van der Waals surface area contributed by atoms with Crippen molar-refractivity contribution in [1.82, 2.24) is 10.2 Å². The van der Waals surface area contributed by atoms with Gasteiger partial charge in [-0.25, -0.2) is 0 Å². The number of nitrogens with one attached hydrogen (secondary N) is 1. The molecule has 2 atom stereocenters. The zero-order valence-electron chi connectivity index (χ0n) is 9.96. The van der Waals surface area contributed by atoms with E-state index in [4.69, 9.17) is 12.2 Å². The monoisotopic (exact) mass is 259 g/mol. The van der Waals surface area contributed by atoms with Gasteiger partial charge in [0, 0.05) is 19.2 Å². The van der Waals surface area contributed by atoms with E-state index in [0.29, 0.717) is 11.5 Å². The Kier molecular flexibility index (Phi) is 2.63. The minimum Gasteiger partial charge on any atom is -0.350 e. The van der Waals surface area contributed by atoms with E-state index < -0.39 is 0 Å². The summed E-state index contributed by atoms with van der Waals surface area (Å²) in [6.07, 6.45) is 2.62. The van der Waals surface area contributed by atoms with Crippen LogP contribution in [0.25, 0.3) is 0 Å². The number of aliphatic imine (C=N–C) groups is 1. The predicted molar refractivity (Wildman–Crippen MR) is 74.2 cm³/mol. The van der Waals surface area contributed by atoms with E-state index in [1.807, 2.05) is 24.4 Å². The van der Waals surface area contributed by atoms with Gasteiger partial charge < -0.3 is 5.32 Å². The van der Waals surface area contributed by atoms with Crippen LogP contribution in [0.15, 0.2) is 29.3 Å². The molecule has 1 N–H and O–H groups in total. The van der Waals surface area contributed by atoms with E-state index >= 15 is 0 Å². The van der Waals surface area contributed by atoms with Crippen molar-refractivity contribution in [2.45, 2.75) is 18.4 Å². The maximum Gasteiger partial charge on any atom is 0.251 e. The molecule has 18 heavy (non-hydrogen) atoms. The molecule has 2 heterocycles. The molecule has 0 radical (unpaired) electrons. The molecule has 0 saturated carbocycles. The molecule has 0 aromatic heterocycles. The fourth-order valence-corrected chi connectivity index (χ4v) is 2.64. The van der Waals surface area contributed by atoms with Gasteiger partial charge in [-0.1, -0.05) is 18.2 Å². The van der Waals surface area contributed by atoms with Gasteiger partial charge in [-0.15, -0.1) is 0 Å². The molecule has 4 nitrogen and oxygen atoms in total. The molecule has 0 spiro atoms. The van der Waals surface area contributed by atoms with Crippen molar-refractivity contribution in [2.24, 2.45) is 4.99 Å². The van der Waals surface area contributed by atoms with Gasteiger partial charge in [0.25, 0.3) is 5.91 Å². The molecule has 2 aliphatic heterocycles. The molecule has 2 unspecified atom stereocenters. The number of amides is 1. The van der Waals surface area contributed by atoms with Crippen molar-refractivity contribution in [3.8, 4) is 0 Å². The van der Waals surface area contributed by atoms with Crippen LogP contribution < -0.4 is 5.32 Å². The largest absolute Gasteiger partial charge is 0.350 e. The number of nitrogens with zero attached hydrogens (tertiary/aromatic N) is 2. The third kappa shape index (κ3) is 1.71. The third-order valence-corrected chi connectivity index (χ3v) is 3.84. The molecule has 1 aromatic rings. The molecule has 5 heteroatoms. The average Bonchev–Trinajstić information content (AvgIpc) is 2.89. The summed E-state index contributed by atoms with van der Waals surface area (Å²) in [6.45, 7) is 0. The summed E-state index contributed by atoms with van der Waals surface area (Å²) >= 11 is 5.07. The highest BCUT2D eigenvalue weighted by molar-refractivity contribution is 7.80. The highest BCUT2D eigenvalue weighted by Gasteiger charge is 2.35. The lowest BCUT2D eigenvalue weighted by molar-refractivity contribution is -0.126. The minimum absolute atomic E-state index is 0.0396. The summed E-state index contributed by atoms with van der Waals surface area (Å²) in [5, 5.41) is 3.56. The van der Waals surface area contributed by atoms with Crippen LogP contribution in [-0.2, 0) is 4.79 Å². The number of hydrogen-bond donors (Lipinski definition) is 1. The lowest BCUT2D eigenvalue weighted by atomic mass is 9.94. The average molecular weight is 259 g/mol. The molecular formula is C13H13N3OS. The van der Waals surface area contributed by atoms with Gasteiger partial charge in [0.2, 0.25) is 0 Å². The fraction of sp³-hybridized carbons (Fsp3) is 0.308. The summed E-state index contributed by atoms with van der Waals surface area (Å²) in [6, 6.07) is 7.80. The maximum atomic E-state index is 11.9. The first-order valence-corrected chi connectivity index (χ1v) is 6.29. The Labute approximate surface area is 111 Å². The molecule has 92 valence electrons. The molecule has 1 saturated heterocycles. The second kappa shape index (κ2) is 4.17. The SMILES string of the molecule is CN1C(=O)C(CC2C=Nc3ccccc32)NC1=S. The highest BCUT2D eigenvalue weighted by Crippen LogP contribution is 2.34. The van der Waals surface area contributed by atoms with E-state index in [9.17, 15) is 4.79 Å². The van der Waals surface area contributed by atoms with Crippen molar-refractivity contribution in [1.29, 1.82) is 0 Å². The topological polar surface area (TPSA) is 44.7 Å². The summed E-state index contributed by atoms with van der Waals surface area (Å²) in [7, 11) is 1.70. The first kappa shape index (κ1) is 11.3. The second-order valence-corrected chi connectivity index (χ2v) is 4.97. The number of benzene rings is 1. The summed E-state index contributed by atoms with van der Waals surface area (Å²) in [4.78, 5) is 17.8. The number of carbonyl (C=O) groups excluding carboxylic acids is 1. The molecule has 2 aliphatic rings. The van der Waals surface area contributed by atoms with E-state index in [0.717, 1.165) is 5.69 Å². The van der Waals surface area contributed by atoms with Gasteiger partial charge in [-0.2, -0.15) is 0 Å². The molecule has 0 aliphatic carbocycles. The normalized spacial score (nSPS) is 25.5. The van der Waals surface area contributed by atoms with Gasteiger partial charge in [0.05, 0.1) is 5.69 Å². The Morgan fingerprint density at radius 3 is 2.94 bits per heavy atom. The number of hydrogen-bond acceptors (Lipinski definition) is 3. The molecule has 0 bridgehead atoms. The van der Waals surface area contributed by atoms with E-state index in [1.54, 1.807) is 7.05 Å². The number of likely N-dealkylation sites (N-methyl/N-ethyl adjacent to an activating group) is 1. The quantitative estimate of drug-likeness (QED) is 0.820. The summed E-state index contributed by atoms with van der Waals surface area (Å²) in [5.74, 6) is 0.231. The zero-order valence-corrected chi connectivity index (χ0v) is 10.8. The minimum atomic E-state index is -0.231. The number of carbonyl (C=O) groups is 1. The summed E-state index contributed by atoms with van der Waals surface area (Å²) < 4.78 is 0. The Hall–Kier alpha value is -1.75. The van der Waals surface area contributed by atoms with Gasteiger partial charge in [0.1, 0.15) is 6.04 Å². The zero-order chi connectivity index (χ0) is 12.7. The molecule has 1 aromatic carbocycles. The number of fused-ring (bicyclic) bond motifs is 1. The van der Waals surface area contributed by atoms with Crippen LogP contribution in [0, 0.1) is 0 Å². The van der Waals surface area contributed by atoms with Crippen LogP contribution in [0.4, 0.5) is 5.69 Å². The lowest BCUT2D eigenvalue weighted by Crippen LogP contribution is -2.30. The van der Waals surface area contributed by atoms with Gasteiger partial charge in [-0.3, -0.25) is 14.7 Å². The third-order valence-electron chi connectivity index (χ3n) is 3.45. The van der Waals surface area contributed by atoms with Crippen molar-refractivity contribution in [3.63, 3.8) is 0 Å². The second-order valence-electron chi connectivity index (χ2n) is 4.58. The van der Waals surface area contributed by atoms with Crippen molar-refractivity contribution in [2.75, 3.05) is 7.05 Å². The van der Waals surface area contributed by atoms with Crippen molar-refractivity contribution in [3.05, 3.63) is 29.8 Å².